The zero-order valence-electron chi connectivity index (χ0n) is 21.3. The first kappa shape index (κ1) is 27.7. The van der Waals surface area contributed by atoms with Crippen LogP contribution in [0.3, 0.4) is 0 Å². The van der Waals surface area contributed by atoms with Gasteiger partial charge in [0.25, 0.3) is 5.56 Å². The first-order chi connectivity index (χ1) is 18.4. The lowest BCUT2D eigenvalue weighted by Gasteiger charge is -2.14. The number of benzene rings is 2. The number of esters is 1. The molecule has 0 saturated heterocycles. The Hall–Kier alpha value is -4.37. The number of aromatic nitrogens is 3. The highest BCUT2D eigenvalue weighted by Crippen LogP contribution is 2.35. The van der Waals surface area contributed by atoms with Crippen LogP contribution in [0.25, 0.3) is 27.0 Å². The number of carbonyl (C=O) groups excluding carboxylic acids is 1. The molecule has 0 fully saturated rings. The van der Waals surface area contributed by atoms with Gasteiger partial charge < -0.3 is 9.47 Å². The van der Waals surface area contributed by atoms with Gasteiger partial charge in [0.15, 0.2) is 12.7 Å². The molecule has 12 heteroatoms. The van der Waals surface area contributed by atoms with Crippen molar-refractivity contribution in [2.24, 2.45) is 7.05 Å². The number of fused-ring (bicyclic) bond motifs is 1. The second kappa shape index (κ2) is 10.8. The minimum absolute atomic E-state index is 0.0976. The molecule has 1 unspecified atom stereocenters. The van der Waals surface area contributed by atoms with Crippen LogP contribution < -0.4 is 16.0 Å². The number of carbonyl (C=O) groups is 1. The van der Waals surface area contributed by atoms with Crippen molar-refractivity contribution in [3.63, 3.8) is 0 Å². The van der Waals surface area contributed by atoms with Crippen molar-refractivity contribution >= 4 is 27.6 Å². The molecule has 0 bridgehead atoms. The summed E-state index contributed by atoms with van der Waals surface area (Å²) >= 11 is 1.18. The Morgan fingerprint density at radius 3 is 2.59 bits per heavy atom. The standard InChI is InChI=1S/C27H22F3N3O5S/c1-5-6-16(3)38-24(35)14-37-18-9-7-15(2)19(12-18)25-20-11-17(8-10-21(20)39-31-25)33-23(34)13-22(27(28,29)30)32(4)26(33)36/h7-13,16H,14H2,1-4H3. The van der Waals surface area contributed by atoms with Gasteiger partial charge >= 0.3 is 17.8 Å². The van der Waals surface area contributed by atoms with Gasteiger partial charge in [-0.05, 0) is 68.2 Å². The quantitative estimate of drug-likeness (QED) is 0.257. The van der Waals surface area contributed by atoms with Crippen LogP contribution in [0, 0.1) is 18.8 Å². The molecule has 4 aromatic rings. The van der Waals surface area contributed by atoms with Gasteiger partial charge in [-0.3, -0.25) is 9.36 Å². The molecule has 4 rings (SSSR count). The monoisotopic (exact) mass is 557 g/mol. The van der Waals surface area contributed by atoms with Crippen LogP contribution in [0.1, 0.15) is 25.1 Å². The van der Waals surface area contributed by atoms with E-state index in [4.69, 9.17) is 9.47 Å². The lowest BCUT2D eigenvalue weighted by atomic mass is 10.0. The van der Waals surface area contributed by atoms with Crippen molar-refractivity contribution in [1.29, 1.82) is 0 Å². The van der Waals surface area contributed by atoms with Crippen molar-refractivity contribution in [1.82, 2.24) is 13.5 Å². The molecule has 2 aromatic carbocycles. The third-order valence-electron chi connectivity index (χ3n) is 5.80. The summed E-state index contributed by atoms with van der Waals surface area (Å²) < 4.78 is 56.8. The zero-order valence-corrected chi connectivity index (χ0v) is 22.1. The number of hydrogen-bond donors (Lipinski definition) is 0. The molecule has 0 aliphatic heterocycles. The number of aryl methyl sites for hydroxylation is 1. The number of alkyl halides is 3. The Bertz CT molecular complexity index is 1760. The third kappa shape index (κ3) is 5.73. The zero-order chi connectivity index (χ0) is 28.5. The Balaban J connectivity index is 1.71. The molecule has 0 aliphatic carbocycles. The summed E-state index contributed by atoms with van der Waals surface area (Å²) in [6, 6.07) is 10.2. The predicted molar refractivity (Wildman–Crippen MR) is 140 cm³/mol. The summed E-state index contributed by atoms with van der Waals surface area (Å²) in [4.78, 5) is 37.4. The molecule has 202 valence electrons. The second-order valence-corrected chi connectivity index (χ2v) is 9.35. The molecule has 1 atom stereocenters. The summed E-state index contributed by atoms with van der Waals surface area (Å²) in [6.45, 7) is 4.81. The molecule has 0 N–H and O–H groups in total. The van der Waals surface area contributed by atoms with Gasteiger partial charge in [0.2, 0.25) is 0 Å². The van der Waals surface area contributed by atoms with E-state index in [0.717, 1.165) is 17.3 Å². The van der Waals surface area contributed by atoms with Gasteiger partial charge in [0.05, 0.1) is 16.1 Å². The Morgan fingerprint density at radius 2 is 1.90 bits per heavy atom. The van der Waals surface area contributed by atoms with Gasteiger partial charge in [-0.25, -0.2) is 14.2 Å². The smallest absolute Gasteiger partial charge is 0.431 e. The maximum Gasteiger partial charge on any atom is 0.431 e. The van der Waals surface area contributed by atoms with Crippen LogP contribution in [-0.4, -0.2) is 32.2 Å². The summed E-state index contributed by atoms with van der Waals surface area (Å²) in [5.41, 5.74) is -1.45. The van der Waals surface area contributed by atoms with Crippen molar-refractivity contribution in [3.05, 3.63) is 74.6 Å². The van der Waals surface area contributed by atoms with E-state index in [1.54, 1.807) is 38.1 Å². The number of rotatable bonds is 6. The Morgan fingerprint density at radius 1 is 1.15 bits per heavy atom. The fraction of sp³-hybridized carbons (Fsp3) is 0.259. The maximum atomic E-state index is 13.3. The van der Waals surface area contributed by atoms with E-state index in [1.807, 2.05) is 6.92 Å². The first-order valence-corrected chi connectivity index (χ1v) is 12.3. The first-order valence-electron chi connectivity index (χ1n) is 11.6. The molecule has 0 radical (unpaired) electrons. The van der Waals surface area contributed by atoms with Crippen LogP contribution in [0.2, 0.25) is 0 Å². The maximum absolute atomic E-state index is 13.3. The third-order valence-corrected chi connectivity index (χ3v) is 6.63. The SMILES string of the molecule is CC#CC(C)OC(=O)COc1ccc(C)c(-c2nsc3ccc(-n4c(=O)cc(C(F)(F)F)n(C)c4=O)cc23)c1. The van der Waals surface area contributed by atoms with Crippen molar-refractivity contribution < 1.29 is 27.4 Å². The fourth-order valence-corrected chi connectivity index (χ4v) is 4.72. The van der Waals surface area contributed by atoms with Crippen molar-refractivity contribution in [3.8, 4) is 34.5 Å². The predicted octanol–water partition coefficient (Wildman–Crippen LogP) is 4.47. The minimum Gasteiger partial charge on any atom is -0.482 e. The van der Waals surface area contributed by atoms with E-state index < -0.39 is 35.2 Å². The van der Waals surface area contributed by atoms with Gasteiger partial charge in [-0.15, -0.1) is 5.92 Å². The molecular formula is C27H22F3N3O5S. The van der Waals surface area contributed by atoms with E-state index >= 15 is 0 Å². The molecular weight excluding hydrogens is 535 g/mol. The van der Waals surface area contributed by atoms with Crippen LogP contribution >= 0.6 is 11.5 Å². The number of halogens is 3. The summed E-state index contributed by atoms with van der Waals surface area (Å²) in [5.74, 6) is 5.18. The second-order valence-electron chi connectivity index (χ2n) is 8.55. The van der Waals surface area contributed by atoms with E-state index in [1.165, 1.54) is 23.7 Å². The van der Waals surface area contributed by atoms with E-state index in [2.05, 4.69) is 16.2 Å². The lowest BCUT2D eigenvalue weighted by molar-refractivity contribution is -0.148. The highest BCUT2D eigenvalue weighted by Gasteiger charge is 2.35. The normalized spacial score (nSPS) is 12.1. The van der Waals surface area contributed by atoms with Gasteiger partial charge in [-0.1, -0.05) is 12.0 Å². The topological polar surface area (TPSA) is 92.4 Å². The van der Waals surface area contributed by atoms with Gasteiger partial charge in [0.1, 0.15) is 11.4 Å². The molecule has 0 spiro atoms. The Kier molecular flexibility index (Phi) is 7.65. The largest absolute Gasteiger partial charge is 0.482 e. The summed E-state index contributed by atoms with van der Waals surface area (Å²) in [6.07, 6.45) is -5.42. The molecule has 0 saturated carbocycles. The summed E-state index contributed by atoms with van der Waals surface area (Å²) in [7, 11) is 0.958. The molecule has 39 heavy (non-hydrogen) atoms. The fourth-order valence-electron chi connectivity index (χ4n) is 3.95. The highest BCUT2D eigenvalue weighted by atomic mass is 32.1. The molecule has 0 aliphatic rings. The highest BCUT2D eigenvalue weighted by molar-refractivity contribution is 7.13. The van der Waals surface area contributed by atoms with Crippen LogP contribution in [-0.2, 0) is 22.8 Å². The van der Waals surface area contributed by atoms with Crippen LogP contribution in [0.5, 0.6) is 5.75 Å². The van der Waals surface area contributed by atoms with Crippen molar-refractivity contribution in [2.75, 3.05) is 6.61 Å². The molecule has 2 aromatic heterocycles. The van der Waals surface area contributed by atoms with Crippen LogP contribution in [0.15, 0.2) is 52.1 Å². The molecule has 0 amide bonds. The molecule has 2 heterocycles. The van der Waals surface area contributed by atoms with Gasteiger partial charge in [-0.2, -0.15) is 17.5 Å². The average Bonchev–Trinajstić information content (AvgIpc) is 3.28. The van der Waals surface area contributed by atoms with E-state index in [9.17, 15) is 27.6 Å². The Labute approximate surface area is 224 Å². The molecule has 8 nitrogen and oxygen atoms in total. The average molecular weight is 558 g/mol. The van der Waals surface area contributed by atoms with E-state index in [0.29, 0.717) is 37.6 Å². The van der Waals surface area contributed by atoms with Crippen LogP contribution in [0.4, 0.5) is 13.2 Å². The number of ether oxygens (including phenoxy) is 2. The minimum atomic E-state index is -4.86. The van der Waals surface area contributed by atoms with E-state index in [-0.39, 0.29) is 12.3 Å². The van der Waals surface area contributed by atoms with Crippen molar-refractivity contribution in [2.45, 2.75) is 33.1 Å². The number of nitrogens with zero attached hydrogens (tertiary/aromatic N) is 3. The number of hydrogen-bond acceptors (Lipinski definition) is 7. The van der Waals surface area contributed by atoms with Gasteiger partial charge in [0, 0.05) is 24.1 Å². The summed E-state index contributed by atoms with van der Waals surface area (Å²) in [5, 5.41) is 0.581. The lowest BCUT2D eigenvalue weighted by Crippen LogP contribution is -2.40.